The van der Waals surface area contributed by atoms with Gasteiger partial charge in [0.15, 0.2) is 11.7 Å². The van der Waals surface area contributed by atoms with Gasteiger partial charge < -0.3 is 28.4 Å². The number of fused-ring (bicyclic) bond motifs is 2. The lowest BCUT2D eigenvalue weighted by molar-refractivity contribution is -0.274. The van der Waals surface area contributed by atoms with Crippen molar-refractivity contribution in [3.8, 4) is 28.5 Å². The minimum atomic E-state index is -4.85. The number of ether oxygens (including phenoxy) is 3. The lowest BCUT2D eigenvalue weighted by Crippen LogP contribution is -2.22. The molecule has 0 aliphatic carbocycles. The Morgan fingerprint density at radius 3 is 2.54 bits per heavy atom. The van der Waals surface area contributed by atoms with E-state index < -0.39 is 18.4 Å². The maximum Gasteiger partial charge on any atom is 0.573 e. The third-order valence-corrected chi connectivity index (χ3v) is 6.34. The normalized spacial score (nSPS) is 12.6. The molecule has 39 heavy (non-hydrogen) atoms. The molecule has 2 heterocycles. The molecule has 11 heteroatoms. The van der Waals surface area contributed by atoms with Crippen LogP contribution in [0, 0.1) is 6.92 Å². The first-order valence-electron chi connectivity index (χ1n) is 11.8. The number of halogens is 3. The molecule has 1 atom stereocenters. The highest BCUT2D eigenvalue weighted by Crippen LogP contribution is 2.40. The fourth-order valence-corrected chi connectivity index (χ4v) is 4.54. The summed E-state index contributed by atoms with van der Waals surface area (Å²) >= 11 is 0. The predicted octanol–water partition coefficient (Wildman–Crippen LogP) is 6.57. The van der Waals surface area contributed by atoms with Crippen LogP contribution in [-0.2, 0) is 11.3 Å². The summed E-state index contributed by atoms with van der Waals surface area (Å²) in [5.74, 6) is -0.515. The second kappa shape index (κ2) is 9.90. The molecule has 0 bridgehead atoms. The van der Waals surface area contributed by atoms with E-state index in [2.05, 4.69) is 9.89 Å². The number of carboxylic acids is 1. The average Bonchev–Trinajstić information content (AvgIpc) is 3.40. The summed E-state index contributed by atoms with van der Waals surface area (Å²) in [4.78, 5) is 11.2. The van der Waals surface area contributed by atoms with Gasteiger partial charge in [-0.1, -0.05) is 17.3 Å². The molecule has 0 aliphatic rings. The number of aliphatic carboxylic acids is 1. The number of methoxy groups -OCH3 is 1. The molecule has 0 fully saturated rings. The molecule has 0 amide bonds. The van der Waals surface area contributed by atoms with E-state index in [0.29, 0.717) is 44.6 Å². The largest absolute Gasteiger partial charge is 0.573 e. The molecule has 202 valence electrons. The Morgan fingerprint density at radius 2 is 1.82 bits per heavy atom. The molecule has 3 aromatic carbocycles. The maximum absolute atomic E-state index is 13.0. The van der Waals surface area contributed by atoms with Gasteiger partial charge in [-0.3, -0.25) is 0 Å². The van der Waals surface area contributed by atoms with Gasteiger partial charge in [-0.2, -0.15) is 0 Å². The van der Waals surface area contributed by atoms with Crippen LogP contribution in [-0.4, -0.2) is 40.4 Å². The van der Waals surface area contributed by atoms with Gasteiger partial charge in [0.05, 0.1) is 18.0 Å². The molecular formula is C28H23F3N2O6. The first kappa shape index (κ1) is 26.0. The van der Waals surface area contributed by atoms with E-state index in [1.807, 2.05) is 17.6 Å². The average molecular weight is 540 g/mol. The van der Waals surface area contributed by atoms with Crippen molar-refractivity contribution in [1.82, 2.24) is 9.72 Å². The Hall–Kier alpha value is -4.67. The molecule has 0 radical (unpaired) electrons. The fourth-order valence-electron chi connectivity index (χ4n) is 4.54. The molecule has 0 saturated heterocycles. The summed E-state index contributed by atoms with van der Waals surface area (Å²) in [5, 5.41) is 14.8. The van der Waals surface area contributed by atoms with Gasteiger partial charge in [-0.15, -0.1) is 13.2 Å². The molecule has 0 unspecified atom stereocenters. The van der Waals surface area contributed by atoms with Gasteiger partial charge in [0.2, 0.25) is 0 Å². The van der Waals surface area contributed by atoms with E-state index in [1.54, 1.807) is 49.6 Å². The van der Waals surface area contributed by atoms with Crippen molar-refractivity contribution in [3.63, 3.8) is 0 Å². The van der Waals surface area contributed by atoms with Crippen LogP contribution in [0.15, 0.2) is 65.2 Å². The van der Waals surface area contributed by atoms with E-state index in [-0.39, 0.29) is 12.3 Å². The van der Waals surface area contributed by atoms with E-state index in [4.69, 9.17) is 19.1 Å². The van der Waals surface area contributed by atoms with Crippen molar-refractivity contribution in [2.45, 2.75) is 32.9 Å². The van der Waals surface area contributed by atoms with E-state index >= 15 is 0 Å². The summed E-state index contributed by atoms with van der Waals surface area (Å²) < 4.78 is 61.5. The fraction of sp³-hybridized carbons (Fsp3) is 0.214. The van der Waals surface area contributed by atoms with E-state index in [0.717, 1.165) is 11.3 Å². The van der Waals surface area contributed by atoms with Gasteiger partial charge in [0, 0.05) is 29.3 Å². The minimum Gasteiger partial charge on any atom is -0.497 e. The minimum absolute atomic E-state index is 0.246. The number of benzene rings is 3. The zero-order valence-electron chi connectivity index (χ0n) is 21.1. The van der Waals surface area contributed by atoms with Crippen molar-refractivity contribution >= 4 is 27.8 Å². The molecule has 5 aromatic rings. The lowest BCUT2D eigenvalue weighted by atomic mass is 10.0. The molecule has 1 N–H and O–H groups in total. The standard InChI is InChI=1S/C28H23F3N2O6/c1-15-25(26-22-12-18(36-3)8-10-24(22)39-32-26)21-9-7-20(38-28(29,30)31)13-23(21)33(15)14-17-5-4-6-19(11-17)37-16(2)27(34)35/h4-13,16H,14H2,1-3H3,(H,34,35)/t16-/m0/s1. The Balaban J connectivity index is 1.66. The second-order valence-corrected chi connectivity index (χ2v) is 8.91. The van der Waals surface area contributed by atoms with E-state index in [9.17, 15) is 18.0 Å². The van der Waals surface area contributed by atoms with Crippen molar-refractivity contribution < 1.29 is 41.8 Å². The van der Waals surface area contributed by atoms with Crippen LogP contribution in [0.5, 0.6) is 17.2 Å². The number of nitrogens with zero attached hydrogens (tertiary/aromatic N) is 2. The van der Waals surface area contributed by atoms with Crippen molar-refractivity contribution in [2.75, 3.05) is 7.11 Å². The van der Waals surface area contributed by atoms with Gasteiger partial charge in [0.25, 0.3) is 0 Å². The number of hydrogen-bond donors (Lipinski definition) is 1. The SMILES string of the molecule is COc1ccc2onc(-c3c(C)n(Cc4cccc(O[C@@H](C)C(=O)O)c4)c4cc(OC(F)(F)F)ccc34)c2c1. The van der Waals surface area contributed by atoms with Crippen LogP contribution in [0.4, 0.5) is 13.2 Å². The lowest BCUT2D eigenvalue weighted by Gasteiger charge is -2.14. The highest BCUT2D eigenvalue weighted by atomic mass is 19.4. The summed E-state index contributed by atoms with van der Waals surface area (Å²) in [6.45, 7) is 3.51. The number of aromatic nitrogens is 2. The molecule has 5 rings (SSSR count). The Kier molecular flexibility index (Phi) is 6.59. The number of rotatable bonds is 8. The molecule has 0 spiro atoms. The number of carboxylic acid groups (broad SMARTS) is 1. The number of alkyl halides is 3. The summed E-state index contributed by atoms with van der Waals surface area (Å²) in [5.41, 5.74) is 3.67. The van der Waals surface area contributed by atoms with Crippen LogP contribution in [0.3, 0.4) is 0 Å². The van der Waals surface area contributed by atoms with Crippen molar-refractivity contribution in [1.29, 1.82) is 0 Å². The Labute approximate surface area is 220 Å². The summed E-state index contributed by atoms with van der Waals surface area (Å²) in [6, 6.07) is 16.3. The molecule has 2 aromatic heterocycles. The Bertz CT molecular complexity index is 1690. The van der Waals surface area contributed by atoms with Crippen molar-refractivity contribution in [2.24, 2.45) is 0 Å². The van der Waals surface area contributed by atoms with Crippen LogP contribution < -0.4 is 14.2 Å². The molecule has 0 saturated carbocycles. The number of hydrogen-bond acceptors (Lipinski definition) is 6. The van der Waals surface area contributed by atoms with Gasteiger partial charge in [-0.25, -0.2) is 4.79 Å². The number of carbonyl (C=O) groups is 1. The predicted molar refractivity (Wildman–Crippen MR) is 136 cm³/mol. The highest BCUT2D eigenvalue weighted by molar-refractivity contribution is 6.04. The zero-order chi connectivity index (χ0) is 27.9. The zero-order valence-corrected chi connectivity index (χ0v) is 21.1. The van der Waals surface area contributed by atoms with Crippen molar-refractivity contribution in [3.05, 3.63) is 71.9 Å². The second-order valence-electron chi connectivity index (χ2n) is 8.91. The quantitative estimate of drug-likeness (QED) is 0.238. The first-order chi connectivity index (χ1) is 18.5. The molecular weight excluding hydrogens is 517 g/mol. The van der Waals surface area contributed by atoms with E-state index in [1.165, 1.54) is 19.1 Å². The van der Waals surface area contributed by atoms with Crippen LogP contribution in [0.1, 0.15) is 18.2 Å². The Morgan fingerprint density at radius 1 is 1.05 bits per heavy atom. The van der Waals surface area contributed by atoms with Gasteiger partial charge in [0.1, 0.15) is 22.9 Å². The van der Waals surface area contributed by atoms with Crippen LogP contribution in [0.25, 0.3) is 33.1 Å². The van der Waals surface area contributed by atoms with Crippen LogP contribution >= 0.6 is 0 Å². The maximum atomic E-state index is 13.0. The first-order valence-corrected chi connectivity index (χ1v) is 11.8. The monoisotopic (exact) mass is 540 g/mol. The summed E-state index contributed by atoms with van der Waals surface area (Å²) in [6.07, 6.45) is -5.91. The third kappa shape index (κ3) is 5.20. The smallest absolute Gasteiger partial charge is 0.497 e. The summed E-state index contributed by atoms with van der Waals surface area (Å²) in [7, 11) is 1.54. The third-order valence-electron chi connectivity index (χ3n) is 6.34. The molecule has 8 nitrogen and oxygen atoms in total. The highest BCUT2D eigenvalue weighted by Gasteiger charge is 2.31. The topological polar surface area (TPSA) is 96.0 Å². The van der Waals surface area contributed by atoms with Gasteiger partial charge in [-0.05, 0) is 61.9 Å². The van der Waals surface area contributed by atoms with Gasteiger partial charge >= 0.3 is 12.3 Å². The van der Waals surface area contributed by atoms with Crippen LogP contribution in [0.2, 0.25) is 0 Å². The molecule has 0 aliphatic heterocycles.